The maximum Gasteiger partial charge on any atom is 0.239 e. The maximum atomic E-state index is 12.1. The van der Waals surface area contributed by atoms with Gasteiger partial charge in [0.25, 0.3) is 0 Å². The molecule has 5 heteroatoms. The van der Waals surface area contributed by atoms with E-state index in [0.29, 0.717) is 6.54 Å². The summed E-state index contributed by atoms with van der Waals surface area (Å²) in [5.41, 5.74) is 2.23. The monoisotopic (exact) mass is 360 g/mol. The van der Waals surface area contributed by atoms with Gasteiger partial charge in [0.15, 0.2) is 0 Å². The Labute approximate surface area is 158 Å². The average Bonchev–Trinajstić information content (AvgIpc) is 2.98. The predicted molar refractivity (Wildman–Crippen MR) is 110 cm³/mol. The maximum absolute atomic E-state index is 12.1. The minimum Gasteiger partial charge on any atom is -0.355 e. The van der Waals surface area contributed by atoms with Crippen molar-refractivity contribution in [1.29, 1.82) is 0 Å². The third-order valence-electron chi connectivity index (χ3n) is 4.37. The number of aromatic nitrogens is 2. The molecule has 2 aromatic heterocycles. The minimum absolute atomic E-state index is 0.0812. The molecule has 1 amide bonds. The van der Waals surface area contributed by atoms with Crippen molar-refractivity contribution in [3.05, 3.63) is 30.2 Å². The molecule has 0 atom stereocenters. The summed E-state index contributed by atoms with van der Waals surface area (Å²) < 4.78 is 2.00. The molecule has 2 aromatic rings. The first-order chi connectivity index (χ1) is 12.7. The summed E-state index contributed by atoms with van der Waals surface area (Å²) in [5.74, 6) is 0.0812. The number of rotatable bonds is 11. The topological polar surface area (TPSA) is 58.9 Å². The lowest BCUT2D eigenvalue weighted by Crippen LogP contribution is -2.28. The van der Waals surface area contributed by atoms with Gasteiger partial charge in [0.2, 0.25) is 5.91 Å². The standard InChI is InChI=1S/C19H30N4O.C2H6/c1-16-14-23(18-9-12-21-13-17(16)18)15-19(24)22-11-8-6-4-3-5-7-10-20-2;1-2/h9,12-14,20H,3-8,10-11,15H2,1-2H3,(H,22,24);1-2H3. The number of nitrogens with zero attached hydrogens (tertiary/aromatic N) is 2. The molecule has 0 aromatic carbocycles. The number of unbranched alkanes of at least 4 members (excludes halogenated alkanes) is 5. The van der Waals surface area contributed by atoms with Crippen molar-refractivity contribution in [3.63, 3.8) is 0 Å². The van der Waals surface area contributed by atoms with Crippen LogP contribution < -0.4 is 10.6 Å². The van der Waals surface area contributed by atoms with E-state index < -0.39 is 0 Å². The first-order valence-corrected chi connectivity index (χ1v) is 10.0. The van der Waals surface area contributed by atoms with Crippen LogP contribution in [0.5, 0.6) is 0 Å². The van der Waals surface area contributed by atoms with E-state index >= 15 is 0 Å². The molecule has 0 aliphatic heterocycles. The Balaban J connectivity index is 0.00000163. The Hall–Kier alpha value is -1.88. The summed E-state index contributed by atoms with van der Waals surface area (Å²) >= 11 is 0. The molecule has 0 saturated heterocycles. The van der Waals surface area contributed by atoms with Crippen LogP contribution in [0.4, 0.5) is 0 Å². The van der Waals surface area contributed by atoms with Crippen molar-refractivity contribution in [1.82, 2.24) is 20.2 Å². The van der Waals surface area contributed by atoms with Gasteiger partial charge in [-0.2, -0.15) is 0 Å². The van der Waals surface area contributed by atoms with Gasteiger partial charge in [-0.05, 0) is 45.0 Å². The van der Waals surface area contributed by atoms with E-state index in [1.807, 2.05) is 43.9 Å². The SMILES string of the molecule is CC.CNCCCCCCCCNC(=O)Cn1cc(C)c2cnccc21. The van der Waals surface area contributed by atoms with E-state index in [-0.39, 0.29) is 5.91 Å². The van der Waals surface area contributed by atoms with Crippen LogP contribution in [0.3, 0.4) is 0 Å². The number of nitrogens with one attached hydrogen (secondary N) is 2. The van der Waals surface area contributed by atoms with Crippen LogP contribution in [0.25, 0.3) is 10.9 Å². The Morgan fingerprint density at radius 2 is 1.73 bits per heavy atom. The smallest absolute Gasteiger partial charge is 0.239 e. The summed E-state index contributed by atoms with van der Waals surface area (Å²) in [5, 5.41) is 7.32. The van der Waals surface area contributed by atoms with Crippen LogP contribution in [-0.4, -0.2) is 35.6 Å². The molecule has 2 N–H and O–H groups in total. The first-order valence-electron chi connectivity index (χ1n) is 10.0. The lowest BCUT2D eigenvalue weighted by Gasteiger charge is -2.07. The number of carbonyl (C=O) groups excluding carboxylic acids is 1. The Kier molecular flexibility index (Phi) is 11.4. The number of fused-ring (bicyclic) bond motifs is 1. The quantitative estimate of drug-likeness (QED) is 0.594. The molecule has 0 bridgehead atoms. The molecule has 0 unspecified atom stereocenters. The summed E-state index contributed by atoms with van der Waals surface area (Å²) in [6.07, 6.45) is 13.0. The van der Waals surface area contributed by atoms with Crippen LogP contribution in [0.1, 0.15) is 57.9 Å². The zero-order chi connectivity index (χ0) is 19.2. The second kappa shape index (κ2) is 13.3. The number of amides is 1. The number of hydrogen-bond acceptors (Lipinski definition) is 3. The molecular formula is C21H36N4O. The molecule has 0 fully saturated rings. The van der Waals surface area contributed by atoms with Gasteiger partial charge in [-0.15, -0.1) is 0 Å². The molecule has 2 heterocycles. The van der Waals surface area contributed by atoms with Crippen molar-refractivity contribution >= 4 is 16.8 Å². The van der Waals surface area contributed by atoms with Crippen LogP contribution in [-0.2, 0) is 11.3 Å². The van der Waals surface area contributed by atoms with E-state index in [1.165, 1.54) is 32.1 Å². The van der Waals surface area contributed by atoms with Crippen LogP contribution >= 0.6 is 0 Å². The Morgan fingerprint density at radius 3 is 2.42 bits per heavy atom. The summed E-state index contributed by atoms with van der Waals surface area (Å²) in [6.45, 7) is 8.31. The Bertz CT molecular complexity index is 636. The van der Waals surface area contributed by atoms with Crippen molar-refractivity contribution < 1.29 is 4.79 Å². The molecule has 5 nitrogen and oxygen atoms in total. The Morgan fingerprint density at radius 1 is 1.08 bits per heavy atom. The average molecular weight is 361 g/mol. The highest BCUT2D eigenvalue weighted by Gasteiger charge is 2.08. The molecule has 0 radical (unpaired) electrons. The fourth-order valence-electron chi connectivity index (χ4n) is 3.02. The second-order valence-electron chi connectivity index (χ2n) is 6.41. The van der Waals surface area contributed by atoms with Gasteiger partial charge in [-0.3, -0.25) is 9.78 Å². The first kappa shape index (κ1) is 22.2. The van der Waals surface area contributed by atoms with Gasteiger partial charge >= 0.3 is 0 Å². The van der Waals surface area contributed by atoms with Crippen molar-refractivity contribution in [2.75, 3.05) is 20.1 Å². The van der Waals surface area contributed by atoms with E-state index in [0.717, 1.165) is 36.0 Å². The van der Waals surface area contributed by atoms with Crippen LogP contribution in [0.15, 0.2) is 24.7 Å². The van der Waals surface area contributed by atoms with Crippen LogP contribution in [0, 0.1) is 6.92 Å². The number of aryl methyl sites for hydroxylation is 1. The van der Waals surface area contributed by atoms with E-state index in [2.05, 4.69) is 22.5 Å². The molecule has 146 valence electrons. The summed E-state index contributed by atoms with van der Waals surface area (Å²) in [4.78, 5) is 16.3. The van der Waals surface area contributed by atoms with Gasteiger partial charge in [0.05, 0.1) is 5.52 Å². The normalized spacial score (nSPS) is 10.5. The zero-order valence-electron chi connectivity index (χ0n) is 17.0. The lowest BCUT2D eigenvalue weighted by atomic mass is 10.1. The molecule has 0 aliphatic rings. The van der Waals surface area contributed by atoms with Gasteiger partial charge in [0, 0.05) is 30.5 Å². The molecule has 0 spiro atoms. The van der Waals surface area contributed by atoms with Gasteiger partial charge in [-0.1, -0.05) is 39.5 Å². The zero-order valence-corrected chi connectivity index (χ0v) is 17.0. The number of pyridine rings is 1. The summed E-state index contributed by atoms with van der Waals surface area (Å²) in [7, 11) is 2.00. The number of hydrogen-bond donors (Lipinski definition) is 2. The molecular weight excluding hydrogens is 324 g/mol. The number of carbonyl (C=O) groups is 1. The molecule has 2 rings (SSSR count). The molecule has 0 saturated carbocycles. The molecule has 26 heavy (non-hydrogen) atoms. The molecule has 0 aliphatic carbocycles. The van der Waals surface area contributed by atoms with Gasteiger partial charge < -0.3 is 15.2 Å². The van der Waals surface area contributed by atoms with E-state index in [4.69, 9.17) is 0 Å². The fraction of sp³-hybridized carbons (Fsp3) is 0.619. The predicted octanol–water partition coefficient (Wildman–Crippen LogP) is 4.05. The van der Waals surface area contributed by atoms with Gasteiger partial charge in [0.1, 0.15) is 6.54 Å². The second-order valence-corrected chi connectivity index (χ2v) is 6.41. The van der Waals surface area contributed by atoms with E-state index in [9.17, 15) is 4.79 Å². The van der Waals surface area contributed by atoms with Crippen molar-refractivity contribution in [2.24, 2.45) is 0 Å². The van der Waals surface area contributed by atoms with E-state index in [1.54, 1.807) is 6.20 Å². The minimum atomic E-state index is 0.0812. The lowest BCUT2D eigenvalue weighted by molar-refractivity contribution is -0.121. The fourth-order valence-corrected chi connectivity index (χ4v) is 3.02. The summed E-state index contributed by atoms with van der Waals surface area (Å²) in [6, 6.07) is 1.96. The van der Waals surface area contributed by atoms with Crippen molar-refractivity contribution in [2.45, 2.75) is 65.8 Å². The highest BCUT2D eigenvalue weighted by Crippen LogP contribution is 2.18. The largest absolute Gasteiger partial charge is 0.355 e. The van der Waals surface area contributed by atoms with Crippen molar-refractivity contribution in [3.8, 4) is 0 Å². The third kappa shape index (κ3) is 7.56. The highest BCUT2D eigenvalue weighted by molar-refractivity contribution is 5.85. The third-order valence-corrected chi connectivity index (χ3v) is 4.37. The highest BCUT2D eigenvalue weighted by atomic mass is 16.1. The van der Waals surface area contributed by atoms with Gasteiger partial charge in [-0.25, -0.2) is 0 Å². The van der Waals surface area contributed by atoms with Crippen LogP contribution in [0.2, 0.25) is 0 Å².